The van der Waals surface area contributed by atoms with E-state index in [2.05, 4.69) is 0 Å². The molecule has 0 aliphatic carbocycles. The molecule has 0 amide bonds. The van der Waals surface area contributed by atoms with E-state index < -0.39 is 33.4 Å². The van der Waals surface area contributed by atoms with Gasteiger partial charge in [0.15, 0.2) is 5.60 Å². The number of anilines is 1. The molecule has 3 aromatic rings. The average Bonchev–Trinajstić information content (AvgIpc) is 2.99. The lowest BCUT2D eigenvalue weighted by Crippen LogP contribution is -2.33. The van der Waals surface area contributed by atoms with Crippen molar-refractivity contribution in [2.24, 2.45) is 0 Å². The molecule has 2 heterocycles. The van der Waals surface area contributed by atoms with Crippen LogP contribution >= 0.6 is 23.2 Å². The second-order valence-corrected chi connectivity index (χ2v) is 7.69. The van der Waals surface area contributed by atoms with Crippen LogP contribution in [0.4, 0.5) is 11.4 Å². The number of nitrogen functional groups attached to an aromatic ring is 1. The Hall–Kier alpha value is -3.69. The lowest BCUT2D eigenvalue weighted by Gasteiger charge is -2.36. The molecule has 3 aromatic carbocycles. The molecule has 0 atom stereocenters. The molecule has 5 rings (SSSR count). The molecule has 0 radical (unpaired) electrons. The van der Waals surface area contributed by atoms with Crippen molar-refractivity contribution in [3.63, 3.8) is 0 Å². The maximum atomic E-state index is 13.0. The van der Waals surface area contributed by atoms with Gasteiger partial charge in [0.2, 0.25) is 0 Å². The van der Waals surface area contributed by atoms with Crippen molar-refractivity contribution in [1.82, 2.24) is 0 Å². The van der Waals surface area contributed by atoms with Crippen molar-refractivity contribution in [3.8, 4) is 23.0 Å². The van der Waals surface area contributed by atoms with Crippen LogP contribution in [0.3, 0.4) is 0 Å². The Morgan fingerprint density at radius 2 is 1.55 bits per heavy atom. The summed E-state index contributed by atoms with van der Waals surface area (Å²) in [5.74, 6) is -1.15. The van der Waals surface area contributed by atoms with Gasteiger partial charge in [0.25, 0.3) is 0 Å². The Kier molecular flexibility index (Phi) is 3.83. The molecule has 9 nitrogen and oxygen atoms in total. The second kappa shape index (κ2) is 6.16. The number of phenols is 2. The highest BCUT2D eigenvalue weighted by Crippen LogP contribution is 2.61. The van der Waals surface area contributed by atoms with Gasteiger partial charge in [-0.25, -0.2) is 4.79 Å². The van der Waals surface area contributed by atoms with Crippen LogP contribution in [-0.4, -0.2) is 21.1 Å². The monoisotopic (exact) mass is 460 g/mol. The van der Waals surface area contributed by atoms with Crippen LogP contribution < -0.4 is 10.5 Å². The molecule has 2 aliphatic rings. The summed E-state index contributed by atoms with van der Waals surface area (Å²) in [4.78, 5) is 23.9. The van der Waals surface area contributed by atoms with Crippen LogP contribution in [-0.2, 0) is 10.3 Å². The number of halogens is 2. The van der Waals surface area contributed by atoms with E-state index in [-0.39, 0.29) is 49.7 Å². The quantitative estimate of drug-likeness (QED) is 0.208. The second-order valence-electron chi connectivity index (χ2n) is 6.93. The van der Waals surface area contributed by atoms with E-state index in [1.807, 2.05) is 0 Å². The van der Waals surface area contributed by atoms with E-state index >= 15 is 0 Å². The third kappa shape index (κ3) is 2.35. The fraction of sp³-hybridized carbons (Fsp3) is 0.0500. The SMILES string of the molecule is Nc1c(Cl)c(Cl)c2c(c1[N+](=O)[O-])C(=O)OC21c2ccc(O)cc2Oc2cc(O)ccc21. The number of hydrogen-bond acceptors (Lipinski definition) is 8. The van der Waals surface area contributed by atoms with Crippen LogP contribution in [0.25, 0.3) is 0 Å². The first-order valence-corrected chi connectivity index (χ1v) is 9.46. The summed E-state index contributed by atoms with van der Waals surface area (Å²) < 4.78 is 11.6. The Morgan fingerprint density at radius 3 is 2.06 bits per heavy atom. The topological polar surface area (TPSA) is 145 Å². The molecular formula is C20H10Cl2N2O7. The van der Waals surface area contributed by atoms with Gasteiger partial charge in [0.1, 0.15) is 34.2 Å². The first-order valence-electron chi connectivity index (χ1n) is 8.70. The maximum Gasteiger partial charge on any atom is 0.347 e. The molecule has 31 heavy (non-hydrogen) atoms. The minimum Gasteiger partial charge on any atom is -0.508 e. The standard InChI is InChI=1S/C20H10Cl2N2O7/c21-15-14-13(18(24(28)29)17(23)16(15)22)19(27)31-20(14)9-3-1-7(25)5-11(9)30-12-6-8(26)2-4-10(12)20/h1-6,25-26H,23H2. The van der Waals surface area contributed by atoms with Crippen LogP contribution in [0.5, 0.6) is 23.0 Å². The number of nitro benzene ring substituents is 1. The van der Waals surface area contributed by atoms with Crippen molar-refractivity contribution < 1.29 is 29.4 Å². The Labute approximate surface area is 183 Å². The predicted molar refractivity (Wildman–Crippen MR) is 109 cm³/mol. The van der Waals surface area contributed by atoms with E-state index in [9.17, 15) is 25.1 Å². The summed E-state index contributed by atoms with van der Waals surface area (Å²) in [5.41, 5.74) is 2.80. The van der Waals surface area contributed by atoms with Gasteiger partial charge in [-0.1, -0.05) is 23.2 Å². The van der Waals surface area contributed by atoms with E-state index in [0.29, 0.717) is 0 Å². The predicted octanol–water partition coefficient (Wildman–Crippen LogP) is 4.46. The Balaban J connectivity index is 1.99. The molecule has 0 aromatic heterocycles. The van der Waals surface area contributed by atoms with Crippen LogP contribution in [0.15, 0.2) is 36.4 Å². The van der Waals surface area contributed by atoms with Crippen LogP contribution in [0.1, 0.15) is 27.0 Å². The number of carbonyl (C=O) groups excluding carboxylic acids is 1. The van der Waals surface area contributed by atoms with Crippen molar-refractivity contribution in [3.05, 3.63) is 78.8 Å². The molecule has 1 spiro atoms. The number of nitrogens with two attached hydrogens (primary N) is 1. The molecule has 11 heteroatoms. The zero-order valence-electron chi connectivity index (χ0n) is 15.2. The highest BCUT2D eigenvalue weighted by Gasteiger charge is 2.58. The van der Waals surface area contributed by atoms with Crippen molar-refractivity contribution >= 4 is 40.5 Å². The number of nitrogens with zero attached hydrogens (tertiary/aromatic N) is 1. The van der Waals surface area contributed by atoms with Gasteiger partial charge in [0.05, 0.1) is 15.0 Å². The molecule has 0 fully saturated rings. The molecule has 0 saturated carbocycles. The van der Waals surface area contributed by atoms with E-state index in [1.54, 1.807) is 0 Å². The largest absolute Gasteiger partial charge is 0.508 e. The number of rotatable bonds is 1. The fourth-order valence-corrected chi connectivity index (χ4v) is 4.58. The Morgan fingerprint density at radius 1 is 1.00 bits per heavy atom. The van der Waals surface area contributed by atoms with Gasteiger partial charge < -0.3 is 25.4 Å². The van der Waals surface area contributed by atoms with Crippen molar-refractivity contribution in [1.29, 1.82) is 0 Å². The molecule has 4 N–H and O–H groups in total. The lowest BCUT2D eigenvalue weighted by atomic mass is 9.77. The zero-order valence-corrected chi connectivity index (χ0v) is 16.7. The number of ether oxygens (including phenoxy) is 2. The Bertz CT molecular complexity index is 1300. The van der Waals surface area contributed by atoms with Gasteiger partial charge >= 0.3 is 11.7 Å². The van der Waals surface area contributed by atoms with Crippen molar-refractivity contribution in [2.45, 2.75) is 5.60 Å². The number of hydrogen-bond donors (Lipinski definition) is 3. The van der Waals surface area contributed by atoms with Gasteiger partial charge in [-0.3, -0.25) is 10.1 Å². The summed E-state index contributed by atoms with van der Waals surface area (Å²) in [5, 5.41) is 31.1. The number of benzene rings is 3. The number of phenolic OH excluding ortho intramolecular Hbond substituents is 2. The van der Waals surface area contributed by atoms with E-state index in [0.717, 1.165) is 0 Å². The van der Waals surface area contributed by atoms with Crippen LogP contribution in [0, 0.1) is 10.1 Å². The molecular weight excluding hydrogens is 451 g/mol. The van der Waals surface area contributed by atoms with Crippen molar-refractivity contribution in [2.75, 3.05) is 5.73 Å². The van der Waals surface area contributed by atoms with Gasteiger partial charge in [-0.2, -0.15) is 0 Å². The average molecular weight is 461 g/mol. The van der Waals surface area contributed by atoms with Gasteiger partial charge in [-0.15, -0.1) is 0 Å². The minimum atomic E-state index is -1.80. The number of fused-ring (bicyclic) bond motifs is 6. The van der Waals surface area contributed by atoms with Crippen LogP contribution in [0.2, 0.25) is 10.0 Å². The summed E-state index contributed by atoms with van der Waals surface area (Å²) >= 11 is 12.7. The smallest absolute Gasteiger partial charge is 0.347 e. The number of aromatic hydroxyl groups is 2. The fourth-order valence-electron chi connectivity index (χ4n) is 4.07. The highest BCUT2D eigenvalue weighted by atomic mass is 35.5. The third-order valence-corrected chi connectivity index (χ3v) is 6.15. The summed E-state index contributed by atoms with van der Waals surface area (Å²) in [7, 11) is 0. The molecule has 0 saturated heterocycles. The molecule has 2 aliphatic heterocycles. The highest BCUT2D eigenvalue weighted by molar-refractivity contribution is 6.45. The summed E-state index contributed by atoms with van der Waals surface area (Å²) in [6.45, 7) is 0. The summed E-state index contributed by atoms with van der Waals surface area (Å²) in [6.07, 6.45) is 0. The number of esters is 1. The van der Waals surface area contributed by atoms with E-state index in [4.69, 9.17) is 38.4 Å². The van der Waals surface area contributed by atoms with Gasteiger partial charge in [0, 0.05) is 28.8 Å². The normalized spacial score (nSPS) is 15.0. The lowest BCUT2D eigenvalue weighted by molar-refractivity contribution is -0.384. The zero-order chi connectivity index (χ0) is 22.2. The third-order valence-electron chi connectivity index (χ3n) is 5.28. The molecule has 0 bridgehead atoms. The summed E-state index contributed by atoms with van der Waals surface area (Å²) in [6, 6.07) is 8.10. The first kappa shape index (κ1) is 19.3. The minimum absolute atomic E-state index is 0.0766. The maximum absolute atomic E-state index is 13.0. The molecule has 0 unspecified atom stereocenters. The first-order chi connectivity index (χ1) is 14.7. The van der Waals surface area contributed by atoms with Gasteiger partial charge in [-0.05, 0) is 24.3 Å². The molecule has 156 valence electrons. The number of carbonyl (C=O) groups is 1. The number of nitro groups is 1. The van der Waals surface area contributed by atoms with E-state index in [1.165, 1.54) is 36.4 Å².